The average Bonchev–Trinajstić information content (AvgIpc) is 2.69. The fourth-order valence-electron chi connectivity index (χ4n) is 3.22. The van der Waals surface area contributed by atoms with Crippen molar-refractivity contribution in [3.8, 4) is 0 Å². The highest BCUT2D eigenvalue weighted by Crippen LogP contribution is 2.34. The number of nitrogens with zero attached hydrogens (tertiary/aromatic N) is 1. The molecular formula is C17H33NO2Si. The van der Waals surface area contributed by atoms with Gasteiger partial charge in [-0.1, -0.05) is 25.2 Å². The maximum absolute atomic E-state index is 12.6. The third-order valence-corrected chi connectivity index (χ3v) is 6.23. The molecule has 0 bridgehead atoms. The number of ether oxygens (including phenoxy) is 1. The van der Waals surface area contributed by atoms with Crippen molar-refractivity contribution in [1.29, 1.82) is 0 Å². The van der Waals surface area contributed by atoms with E-state index in [1.54, 1.807) is 0 Å². The molecule has 0 aliphatic heterocycles. The zero-order valence-corrected chi connectivity index (χ0v) is 16.1. The van der Waals surface area contributed by atoms with Crippen LogP contribution >= 0.6 is 0 Å². The normalized spacial score (nSPS) is 17.6. The van der Waals surface area contributed by atoms with E-state index in [0.717, 1.165) is 12.8 Å². The van der Waals surface area contributed by atoms with E-state index in [-0.39, 0.29) is 23.9 Å². The van der Waals surface area contributed by atoms with E-state index in [1.165, 1.54) is 17.6 Å². The lowest BCUT2D eigenvalue weighted by molar-refractivity contribution is 0.0736. The quantitative estimate of drug-likeness (QED) is 0.529. The Hall–Kier alpha value is -0.773. The Balaban J connectivity index is 2.98. The van der Waals surface area contributed by atoms with Crippen molar-refractivity contribution in [3.63, 3.8) is 0 Å². The predicted molar refractivity (Wildman–Crippen MR) is 92.3 cm³/mol. The number of carbonyl (C=O) groups is 1. The van der Waals surface area contributed by atoms with Crippen molar-refractivity contribution >= 4 is 14.2 Å². The van der Waals surface area contributed by atoms with Crippen molar-refractivity contribution in [2.24, 2.45) is 0 Å². The monoisotopic (exact) mass is 311 g/mol. The van der Waals surface area contributed by atoms with Gasteiger partial charge in [0.2, 0.25) is 0 Å². The Bertz CT molecular complexity index is 400. The minimum atomic E-state index is -1.60. The molecule has 0 saturated heterocycles. The van der Waals surface area contributed by atoms with Gasteiger partial charge in [0.25, 0.3) is 0 Å². The topological polar surface area (TPSA) is 29.5 Å². The predicted octanol–water partition coefficient (Wildman–Crippen LogP) is 4.99. The van der Waals surface area contributed by atoms with E-state index in [1.807, 2.05) is 32.6 Å². The van der Waals surface area contributed by atoms with Gasteiger partial charge in [0, 0.05) is 12.1 Å². The average molecular weight is 312 g/mol. The summed E-state index contributed by atoms with van der Waals surface area (Å²) in [6, 6.07) is 0.330. The Morgan fingerprint density at radius 3 is 1.95 bits per heavy atom. The molecule has 1 aliphatic rings. The van der Waals surface area contributed by atoms with Gasteiger partial charge in [-0.2, -0.15) is 0 Å². The second kappa shape index (κ2) is 6.99. The minimum Gasteiger partial charge on any atom is -0.446 e. The van der Waals surface area contributed by atoms with E-state index in [2.05, 4.69) is 26.6 Å². The SMILES string of the molecule is CC1=C([C@H](OC(=O)N(C(C)C)C(C)C)[Si](C)(C)C)CCC1. The van der Waals surface area contributed by atoms with Gasteiger partial charge in [0.05, 0.1) is 8.07 Å². The van der Waals surface area contributed by atoms with E-state index in [9.17, 15) is 4.79 Å². The molecule has 0 saturated carbocycles. The van der Waals surface area contributed by atoms with Crippen molar-refractivity contribution in [2.75, 3.05) is 0 Å². The zero-order chi connectivity index (χ0) is 16.4. The number of carbonyl (C=O) groups excluding carboxylic acids is 1. The summed E-state index contributed by atoms with van der Waals surface area (Å²) in [5.41, 5.74) is 2.86. The van der Waals surface area contributed by atoms with Gasteiger partial charge in [-0.25, -0.2) is 4.79 Å². The van der Waals surface area contributed by atoms with Crippen LogP contribution in [0.4, 0.5) is 4.79 Å². The summed E-state index contributed by atoms with van der Waals surface area (Å²) in [6.07, 6.45) is 3.31. The lowest BCUT2D eigenvalue weighted by Gasteiger charge is -2.36. The second-order valence-corrected chi connectivity index (χ2v) is 13.1. The maximum Gasteiger partial charge on any atom is 0.410 e. The first-order valence-electron chi connectivity index (χ1n) is 8.23. The van der Waals surface area contributed by atoms with Crippen LogP contribution in [0.25, 0.3) is 0 Å². The molecule has 0 aromatic rings. The van der Waals surface area contributed by atoms with Gasteiger partial charge >= 0.3 is 6.09 Å². The molecule has 1 amide bonds. The number of amides is 1. The number of hydrogen-bond acceptors (Lipinski definition) is 2. The van der Waals surface area contributed by atoms with Gasteiger partial charge < -0.3 is 9.64 Å². The summed E-state index contributed by atoms with van der Waals surface area (Å²) in [5, 5.41) is 0. The summed E-state index contributed by atoms with van der Waals surface area (Å²) < 4.78 is 6.04. The van der Waals surface area contributed by atoms with Crippen LogP contribution in [0, 0.1) is 0 Å². The van der Waals surface area contributed by atoms with Crippen LogP contribution < -0.4 is 0 Å². The molecule has 1 rings (SSSR count). The molecule has 0 radical (unpaired) electrons. The highest BCUT2D eigenvalue weighted by atomic mass is 28.3. The first kappa shape index (κ1) is 18.3. The first-order chi connectivity index (χ1) is 9.55. The van der Waals surface area contributed by atoms with Crippen molar-refractivity contribution in [2.45, 2.75) is 91.3 Å². The Kier molecular flexibility index (Phi) is 6.08. The molecule has 0 heterocycles. The van der Waals surface area contributed by atoms with Gasteiger partial charge in [0.1, 0.15) is 5.73 Å². The second-order valence-electron chi connectivity index (χ2n) is 7.88. The molecule has 1 aliphatic carbocycles. The third-order valence-electron chi connectivity index (χ3n) is 4.19. The molecule has 0 aromatic heterocycles. The standard InChI is InChI=1S/C17H33NO2Si/c1-12(2)18(13(3)4)17(19)20-16(21(6,7)8)15-11-9-10-14(15)5/h12-13,16H,9-11H2,1-8H3/t16-/m1/s1. The first-order valence-corrected chi connectivity index (χ1v) is 11.8. The van der Waals surface area contributed by atoms with Gasteiger partial charge in [-0.05, 0) is 59.5 Å². The molecule has 0 fully saturated rings. The van der Waals surface area contributed by atoms with Crippen LogP contribution in [0.3, 0.4) is 0 Å². The van der Waals surface area contributed by atoms with Crippen LogP contribution in [-0.2, 0) is 4.74 Å². The largest absolute Gasteiger partial charge is 0.446 e. The summed E-state index contributed by atoms with van der Waals surface area (Å²) in [6.45, 7) is 17.3. The molecule has 21 heavy (non-hydrogen) atoms. The Morgan fingerprint density at radius 2 is 1.62 bits per heavy atom. The fraction of sp³-hybridized carbons (Fsp3) is 0.824. The number of hydrogen-bond donors (Lipinski definition) is 0. The molecular weight excluding hydrogens is 278 g/mol. The molecule has 0 unspecified atom stereocenters. The van der Waals surface area contributed by atoms with Crippen LogP contribution in [0.5, 0.6) is 0 Å². The van der Waals surface area contributed by atoms with Gasteiger partial charge in [-0.3, -0.25) is 0 Å². The molecule has 3 nitrogen and oxygen atoms in total. The van der Waals surface area contributed by atoms with E-state index in [4.69, 9.17) is 4.74 Å². The molecule has 4 heteroatoms. The molecule has 0 spiro atoms. The van der Waals surface area contributed by atoms with Crippen LogP contribution in [0.2, 0.25) is 19.6 Å². The van der Waals surface area contributed by atoms with Crippen molar-refractivity contribution < 1.29 is 9.53 Å². The zero-order valence-electron chi connectivity index (χ0n) is 15.1. The molecule has 0 aromatic carbocycles. The minimum absolute atomic E-state index is 0.0208. The number of rotatable bonds is 5. The highest BCUT2D eigenvalue weighted by Gasteiger charge is 2.37. The molecule has 0 N–H and O–H groups in total. The van der Waals surface area contributed by atoms with Crippen molar-refractivity contribution in [1.82, 2.24) is 4.90 Å². The van der Waals surface area contributed by atoms with Crippen molar-refractivity contribution in [3.05, 3.63) is 11.1 Å². The highest BCUT2D eigenvalue weighted by molar-refractivity contribution is 6.78. The summed E-state index contributed by atoms with van der Waals surface area (Å²) in [4.78, 5) is 14.5. The third kappa shape index (κ3) is 4.60. The van der Waals surface area contributed by atoms with Crippen LogP contribution in [0.1, 0.15) is 53.9 Å². The van der Waals surface area contributed by atoms with Gasteiger partial charge in [0.15, 0.2) is 0 Å². The van der Waals surface area contributed by atoms with E-state index in [0.29, 0.717) is 0 Å². The lowest BCUT2D eigenvalue weighted by atomic mass is 10.2. The summed E-state index contributed by atoms with van der Waals surface area (Å²) in [7, 11) is -1.60. The van der Waals surface area contributed by atoms with Crippen LogP contribution in [-0.4, -0.2) is 36.9 Å². The summed E-state index contributed by atoms with van der Waals surface area (Å²) >= 11 is 0. The van der Waals surface area contributed by atoms with Crippen LogP contribution in [0.15, 0.2) is 11.1 Å². The molecule has 122 valence electrons. The van der Waals surface area contributed by atoms with E-state index < -0.39 is 8.07 Å². The Labute approximate surface area is 131 Å². The lowest BCUT2D eigenvalue weighted by Crippen LogP contribution is -2.49. The van der Waals surface area contributed by atoms with Gasteiger partial charge in [-0.15, -0.1) is 0 Å². The fourth-order valence-corrected chi connectivity index (χ4v) is 5.11. The molecule has 1 atom stereocenters. The van der Waals surface area contributed by atoms with E-state index >= 15 is 0 Å². The maximum atomic E-state index is 12.6. The smallest absolute Gasteiger partial charge is 0.410 e. The number of allylic oxidation sites excluding steroid dienone is 1. The summed E-state index contributed by atoms with van der Waals surface area (Å²) in [5.74, 6) is 0. The Morgan fingerprint density at radius 1 is 1.10 bits per heavy atom.